The average molecular weight is 476 g/mol. The quantitative estimate of drug-likeness (QED) is 0.250. The normalized spacial score (nSPS) is 11.3. The van der Waals surface area contributed by atoms with E-state index in [0.717, 1.165) is 27.6 Å². The number of fused-ring (bicyclic) bond motifs is 1. The molecule has 8 nitrogen and oxygen atoms in total. The lowest BCUT2D eigenvalue weighted by Gasteiger charge is -2.16. The number of rotatable bonds is 7. The Labute approximate surface area is 201 Å². The van der Waals surface area contributed by atoms with Gasteiger partial charge in [0.05, 0.1) is 30.0 Å². The van der Waals surface area contributed by atoms with Crippen LogP contribution >= 0.6 is 11.8 Å². The molecule has 4 aromatic rings. The maximum Gasteiger partial charge on any atom is 0.280 e. The molecule has 174 valence electrons. The van der Waals surface area contributed by atoms with Gasteiger partial charge < -0.3 is 4.74 Å². The molecule has 0 aliphatic carbocycles. The van der Waals surface area contributed by atoms with Crippen LogP contribution in [0.1, 0.15) is 22.8 Å². The Morgan fingerprint density at radius 1 is 1.12 bits per heavy atom. The van der Waals surface area contributed by atoms with Gasteiger partial charge in [-0.1, -0.05) is 12.1 Å². The molecule has 0 fully saturated rings. The third kappa shape index (κ3) is 4.74. The Morgan fingerprint density at radius 3 is 2.59 bits per heavy atom. The van der Waals surface area contributed by atoms with E-state index in [1.165, 1.54) is 11.8 Å². The molecule has 0 spiro atoms. The second-order valence-electron chi connectivity index (χ2n) is 7.69. The Morgan fingerprint density at radius 2 is 1.85 bits per heavy atom. The number of aromatic nitrogens is 3. The standard InChI is InChI=1S/C25H25N5O3S/c1-16-13-19(14-26-28-24(31)15-34-21-11-9-20(33-4)10-12-21)17(2)29(16)30-18(3)27-23-8-6-5-7-22(23)25(30)32/h5-14H,15H2,1-4H3,(H,28,31). The van der Waals surface area contributed by atoms with Gasteiger partial charge in [0.25, 0.3) is 5.56 Å². The van der Waals surface area contributed by atoms with Gasteiger partial charge >= 0.3 is 0 Å². The van der Waals surface area contributed by atoms with Crippen LogP contribution in [0.4, 0.5) is 0 Å². The summed E-state index contributed by atoms with van der Waals surface area (Å²) in [5.41, 5.74) is 5.54. The predicted molar refractivity (Wildman–Crippen MR) is 135 cm³/mol. The van der Waals surface area contributed by atoms with Crippen LogP contribution in [0.2, 0.25) is 0 Å². The monoisotopic (exact) mass is 475 g/mol. The summed E-state index contributed by atoms with van der Waals surface area (Å²) in [5.74, 6) is 1.38. The molecule has 34 heavy (non-hydrogen) atoms. The van der Waals surface area contributed by atoms with Crippen LogP contribution in [-0.4, -0.2) is 39.3 Å². The van der Waals surface area contributed by atoms with Crippen molar-refractivity contribution in [2.24, 2.45) is 5.10 Å². The number of thioether (sulfide) groups is 1. The summed E-state index contributed by atoms with van der Waals surface area (Å²) < 4.78 is 8.52. The zero-order valence-electron chi connectivity index (χ0n) is 19.4. The van der Waals surface area contributed by atoms with Crippen LogP contribution in [0.3, 0.4) is 0 Å². The smallest absolute Gasteiger partial charge is 0.280 e. The first-order chi connectivity index (χ1) is 16.4. The number of hydrogen-bond acceptors (Lipinski definition) is 6. The zero-order chi connectivity index (χ0) is 24.2. The lowest BCUT2D eigenvalue weighted by Crippen LogP contribution is -2.30. The molecule has 2 heterocycles. The molecule has 1 amide bonds. The summed E-state index contributed by atoms with van der Waals surface area (Å²) in [6, 6.07) is 16.7. The van der Waals surface area contributed by atoms with E-state index in [2.05, 4.69) is 15.5 Å². The molecule has 0 bridgehead atoms. The second kappa shape index (κ2) is 9.96. The van der Waals surface area contributed by atoms with Crippen molar-refractivity contribution in [3.8, 4) is 5.75 Å². The van der Waals surface area contributed by atoms with Crippen molar-refractivity contribution in [3.63, 3.8) is 0 Å². The topological polar surface area (TPSA) is 90.5 Å². The minimum absolute atomic E-state index is 0.141. The van der Waals surface area contributed by atoms with Crippen LogP contribution in [0.5, 0.6) is 5.75 Å². The van der Waals surface area contributed by atoms with Crippen molar-refractivity contribution in [1.82, 2.24) is 19.8 Å². The van der Waals surface area contributed by atoms with Gasteiger partial charge in [-0.15, -0.1) is 11.8 Å². The number of carbonyl (C=O) groups is 1. The first kappa shape index (κ1) is 23.3. The minimum atomic E-state index is -0.211. The molecule has 0 radical (unpaired) electrons. The molecule has 0 saturated carbocycles. The molecule has 0 atom stereocenters. The van der Waals surface area contributed by atoms with Crippen LogP contribution in [0.25, 0.3) is 10.9 Å². The van der Waals surface area contributed by atoms with E-state index in [1.807, 2.05) is 67.1 Å². The van der Waals surface area contributed by atoms with Crippen LogP contribution in [0, 0.1) is 20.8 Å². The van der Waals surface area contributed by atoms with Crippen molar-refractivity contribution in [2.45, 2.75) is 25.7 Å². The minimum Gasteiger partial charge on any atom is -0.497 e. The van der Waals surface area contributed by atoms with Crippen LogP contribution < -0.4 is 15.7 Å². The highest BCUT2D eigenvalue weighted by Gasteiger charge is 2.15. The summed E-state index contributed by atoms with van der Waals surface area (Å²) in [6.45, 7) is 5.62. The van der Waals surface area contributed by atoms with E-state index < -0.39 is 0 Å². The SMILES string of the molecule is COc1ccc(SCC(=O)NN=Cc2cc(C)n(-n3c(C)nc4ccccc4c3=O)c2C)cc1. The lowest BCUT2D eigenvalue weighted by molar-refractivity contribution is -0.118. The number of benzene rings is 2. The first-order valence-corrected chi connectivity index (χ1v) is 11.6. The fourth-order valence-electron chi connectivity index (χ4n) is 3.71. The Hall–Kier alpha value is -3.85. The molecule has 2 aromatic heterocycles. The van der Waals surface area contributed by atoms with Gasteiger partial charge in [-0.25, -0.2) is 10.4 Å². The number of carbonyl (C=O) groups excluding carboxylic acids is 1. The number of amides is 1. The van der Waals surface area contributed by atoms with Gasteiger partial charge in [-0.2, -0.15) is 9.78 Å². The Bertz CT molecular complexity index is 1440. The van der Waals surface area contributed by atoms with Gasteiger partial charge in [-0.3, -0.25) is 14.3 Å². The van der Waals surface area contributed by atoms with Crippen molar-refractivity contribution >= 4 is 34.8 Å². The maximum absolute atomic E-state index is 13.2. The number of methoxy groups -OCH3 is 1. The van der Waals surface area contributed by atoms with Crippen LogP contribution in [0.15, 0.2) is 69.4 Å². The number of ether oxygens (including phenoxy) is 1. The van der Waals surface area contributed by atoms with E-state index >= 15 is 0 Å². The largest absolute Gasteiger partial charge is 0.497 e. The highest BCUT2D eigenvalue weighted by molar-refractivity contribution is 8.00. The third-order valence-electron chi connectivity index (χ3n) is 5.37. The molecule has 0 unspecified atom stereocenters. The zero-order valence-corrected chi connectivity index (χ0v) is 20.2. The molecule has 0 aliphatic rings. The predicted octanol–water partition coefficient (Wildman–Crippen LogP) is 3.69. The summed E-state index contributed by atoms with van der Waals surface area (Å²) in [5, 5.41) is 4.66. The van der Waals surface area contributed by atoms with Crippen molar-refractivity contribution in [2.75, 3.05) is 12.9 Å². The number of para-hydroxylation sites is 1. The van der Waals surface area contributed by atoms with E-state index in [4.69, 9.17) is 4.74 Å². The second-order valence-corrected chi connectivity index (χ2v) is 8.74. The van der Waals surface area contributed by atoms with E-state index in [0.29, 0.717) is 16.7 Å². The molecule has 4 rings (SSSR count). The van der Waals surface area contributed by atoms with E-state index in [-0.39, 0.29) is 17.2 Å². The first-order valence-electron chi connectivity index (χ1n) is 10.7. The number of nitrogens with zero attached hydrogens (tertiary/aromatic N) is 4. The summed E-state index contributed by atoms with van der Waals surface area (Å²) in [7, 11) is 1.61. The summed E-state index contributed by atoms with van der Waals surface area (Å²) in [4.78, 5) is 30.9. The number of hydrazone groups is 1. The molecule has 0 aliphatic heterocycles. The van der Waals surface area contributed by atoms with Crippen molar-refractivity contribution < 1.29 is 9.53 Å². The summed E-state index contributed by atoms with van der Waals surface area (Å²) >= 11 is 1.41. The number of aryl methyl sites for hydroxylation is 2. The average Bonchev–Trinajstić information content (AvgIpc) is 3.11. The molecule has 0 saturated heterocycles. The Balaban J connectivity index is 1.49. The maximum atomic E-state index is 13.2. The molecule has 2 aromatic carbocycles. The highest BCUT2D eigenvalue weighted by atomic mass is 32.2. The molecular weight excluding hydrogens is 450 g/mol. The van der Waals surface area contributed by atoms with Gasteiger partial charge in [-0.05, 0) is 63.2 Å². The molecule has 9 heteroatoms. The highest BCUT2D eigenvalue weighted by Crippen LogP contribution is 2.21. The van der Waals surface area contributed by atoms with Gasteiger partial charge in [0.15, 0.2) is 0 Å². The molecular formula is C25H25N5O3S. The van der Waals surface area contributed by atoms with Crippen LogP contribution in [-0.2, 0) is 4.79 Å². The van der Waals surface area contributed by atoms with Crippen molar-refractivity contribution in [1.29, 1.82) is 0 Å². The Kier molecular flexibility index (Phi) is 6.83. The fraction of sp³-hybridized carbons (Fsp3) is 0.200. The summed E-state index contributed by atoms with van der Waals surface area (Å²) in [6.07, 6.45) is 1.59. The molecule has 1 N–H and O–H groups in total. The van der Waals surface area contributed by atoms with Gasteiger partial charge in [0, 0.05) is 21.8 Å². The number of nitrogens with one attached hydrogen (secondary N) is 1. The van der Waals surface area contributed by atoms with E-state index in [9.17, 15) is 9.59 Å². The van der Waals surface area contributed by atoms with Gasteiger partial charge in [0.2, 0.25) is 5.91 Å². The van der Waals surface area contributed by atoms with E-state index in [1.54, 1.807) is 31.0 Å². The lowest BCUT2D eigenvalue weighted by atomic mass is 10.2. The van der Waals surface area contributed by atoms with Gasteiger partial charge in [0.1, 0.15) is 11.6 Å². The number of hydrogen-bond donors (Lipinski definition) is 1. The third-order valence-corrected chi connectivity index (χ3v) is 6.38. The van der Waals surface area contributed by atoms with Crippen molar-refractivity contribution in [3.05, 3.63) is 87.7 Å². The fourth-order valence-corrected chi connectivity index (χ4v) is 4.40.